The van der Waals surface area contributed by atoms with Crippen LogP contribution in [-0.4, -0.2) is 21.5 Å². The highest BCUT2D eigenvalue weighted by molar-refractivity contribution is 6.30. The van der Waals surface area contributed by atoms with Gasteiger partial charge in [-0.15, -0.1) is 0 Å². The first-order valence-corrected chi connectivity index (χ1v) is 8.89. The first kappa shape index (κ1) is 19.4. The van der Waals surface area contributed by atoms with Gasteiger partial charge in [-0.3, -0.25) is 10.1 Å². The summed E-state index contributed by atoms with van der Waals surface area (Å²) in [7, 11) is 0. The summed E-state index contributed by atoms with van der Waals surface area (Å²) in [6, 6.07) is 14.1. The molecule has 0 fully saturated rings. The number of nitro groups is 1. The van der Waals surface area contributed by atoms with Crippen LogP contribution in [0, 0.1) is 17.0 Å². The van der Waals surface area contributed by atoms with Crippen molar-refractivity contribution in [3.05, 3.63) is 69.4 Å². The Morgan fingerprint density at radius 2 is 1.64 bits per heavy atom. The van der Waals surface area contributed by atoms with Gasteiger partial charge in [-0.25, -0.2) is 4.98 Å². The lowest BCUT2D eigenvalue weighted by atomic mass is 10.3. The van der Waals surface area contributed by atoms with Crippen LogP contribution in [0.25, 0.3) is 0 Å². The van der Waals surface area contributed by atoms with Gasteiger partial charge in [-0.05, 0) is 62.4 Å². The molecule has 0 radical (unpaired) electrons. The van der Waals surface area contributed by atoms with E-state index in [2.05, 4.69) is 20.6 Å². The highest BCUT2D eigenvalue weighted by Crippen LogP contribution is 2.30. The third-order valence-electron chi connectivity index (χ3n) is 3.77. The Hall–Kier alpha value is -3.39. The summed E-state index contributed by atoms with van der Waals surface area (Å²) in [4.78, 5) is 19.5. The van der Waals surface area contributed by atoms with E-state index in [0.717, 1.165) is 0 Å². The fraction of sp³-hybridized carbons (Fsp3) is 0.158. The Bertz CT molecular complexity index is 978. The van der Waals surface area contributed by atoms with Crippen LogP contribution < -0.4 is 15.4 Å². The second-order valence-corrected chi connectivity index (χ2v) is 6.24. The number of nitrogens with one attached hydrogen (secondary N) is 2. The van der Waals surface area contributed by atoms with Crippen LogP contribution in [0.2, 0.25) is 5.02 Å². The van der Waals surface area contributed by atoms with Crippen molar-refractivity contribution >= 4 is 40.4 Å². The number of anilines is 4. The van der Waals surface area contributed by atoms with Gasteiger partial charge < -0.3 is 15.4 Å². The summed E-state index contributed by atoms with van der Waals surface area (Å²) in [6.45, 7) is 4.02. The minimum absolute atomic E-state index is 0.0955. The zero-order chi connectivity index (χ0) is 20.1. The highest BCUT2D eigenvalue weighted by atomic mass is 35.5. The van der Waals surface area contributed by atoms with Crippen LogP contribution in [0.1, 0.15) is 12.6 Å². The molecule has 144 valence electrons. The molecule has 0 saturated heterocycles. The molecule has 0 bridgehead atoms. The van der Waals surface area contributed by atoms with Crippen molar-refractivity contribution in [1.29, 1.82) is 0 Å². The van der Waals surface area contributed by atoms with Crippen LogP contribution in [-0.2, 0) is 0 Å². The van der Waals surface area contributed by atoms with E-state index in [-0.39, 0.29) is 23.1 Å². The molecule has 0 aliphatic rings. The lowest BCUT2D eigenvalue weighted by Gasteiger charge is -2.11. The molecule has 0 spiro atoms. The molecule has 2 aromatic carbocycles. The first-order valence-electron chi connectivity index (χ1n) is 8.51. The number of hydrogen-bond acceptors (Lipinski definition) is 7. The van der Waals surface area contributed by atoms with Crippen LogP contribution in [0.4, 0.5) is 28.8 Å². The van der Waals surface area contributed by atoms with Gasteiger partial charge >= 0.3 is 5.69 Å². The number of benzene rings is 2. The zero-order valence-electron chi connectivity index (χ0n) is 15.3. The molecular weight excluding hydrogens is 382 g/mol. The molecule has 0 aliphatic carbocycles. The molecule has 0 saturated carbocycles. The van der Waals surface area contributed by atoms with Crippen LogP contribution >= 0.6 is 11.6 Å². The zero-order valence-corrected chi connectivity index (χ0v) is 16.0. The molecule has 3 aromatic rings. The Morgan fingerprint density at radius 1 is 1.04 bits per heavy atom. The van der Waals surface area contributed by atoms with Crippen molar-refractivity contribution in [1.82, 2.24) is 9.97 Å². The van der Waals surface area contributed by atoms with Gasteiger partial charge in [-0.2, -0.15) is 4.98 Å². The van der Waals surface area contributed by atoms with E-state index in [1.54, 1.807) is 55.5 Å². The molecule has 0 amide bonds. The van der Waals surface area contributed by atoms with Gasteiger partial charge in [0.1, 0.15) is 11.4 Å². The maximum Gasteiger partial charge on any atom is 0.332 e. The first-order chi connectivity index (χ1) is 13.5. The lowest BCUT2D eigenvalue weighted by molar-refractivity contribution is -0.385. The van der Waals surface area contributed by atoms with Gasteiger partial charge in [0.2, 0.25) is 11.8 Å². The van der Waals surface area contributed by atoms with Gasteiger partial charge in [0.25, 0.3) is 0 Å². The molecule has 1 aromatic heterocycles. The van der Waals surface area contributed by atoms with Crippen LogP contribution in [0.15, 0.2) is 48.5 Å². The van der Waals surface area contributed by atoms with Crippen molar-refractivity contribution < 1.29 is 9.66 Å². The van der Waals surface area contributed by atoms with E-state index >= 15 is 0 Å². The van der Waals surface area contributed by atoms with Crippen molar-refractivity contribution in [2.75, 3.05) is 17.2 Å². The van der Waals surface area contributed by atoms with E-state index < -0.39 is 4.92 Å². The summed E-state index contributed by atoms with van der Waals surface area (Å²) >= 11 is 5.89. The number of ether oxygens (including phenoxy) is 1. The average Bonchev–Trinajstić information content (AvgIpc) is 2.65. The average molecular weight is 400 g/mol. The summed E-state index contributed by atoms with van der Waals surface area (Å²) in [6.07, 6.45) is 0. The highest BCUT2D eigenvalue weighted by Gasteiger charge is 2.22. The smallest absolute Gasteiger partial charge is 0.332 e. The molecule has 9 heteroatoms. The summed E-state index contributed by atoms with van der Waals surface area (Å²) in [5, 5.41) is 18.1. The van der Waals surface area contributed by atoms with Crippen LogP contribution in [0.3, 0.4) is 0 Å². The molecule has 0 atom stereocenters. The Balaban J connectivity index is 1.91. The quantitative estimate of drug-likeness (QED) is 0.414. The van der Waals surface area contributed by atoms with E-state index in [1.807, 2.05) is 6.92 Å². The van der Waals surface area contributed by atoms with Crippen molar-refractivity contribution in [3.8, 4) is 5.75 Å². The molecular formula is C19H18ClN5O3. The number of rotatable bonds is 7. The minimum atomic E-state index is -0.502. The van der Waals surface area contributed by atoms with E-state index in [4.69, 9.17) is 16.3 Å². The monoisotopic (exact) mass is 399 g/mol. The molecule has 2 N–H and O–H groups in total. The summed E-state index contributed by atoms with van der Waals surface area (Å²) in [5.74, 6) is 1.04. The van der Waals surface area contributed by atoms with Gasteiger partial charge in [0, 0.05) is 16.4 Å². The number of aryl methyl sites for hydroxylation is 1. The second-order valence-electron chi connectivity index (χ2n) is 5.80. The molecule has 1 heterocycles. The fourth-order valence-corrected chi connectivity index (χ4v) is 2.65. The lowest BCUT2D eigenvalue weighted by Crippen LogP contribution is -2.07. The van der Waals surface area contributed by atoms with Crippen molar-refractivity contribution in [2.24, 2.45) is 0 Å². The summed E-state index contributed by atoms with van der Waals surface area (Å²) in [5.41, 5.74) is 1.41. The van der Waals surface area contributed by atoms with Crippen molar-refractivity contribution in [2.45, 2.75) is 13.8 Å². The SMILES string of the molecule is CCOc1ccc(Nc2nc(Nc3ccc(Cl)cc3)nc(C)c2[N+](=O)[O-])cc1. The van der Waals surface area contributed by atoms with E-state index in [1.165, 1.54) is 0 Å². The van der Waals surface area contributed by atoms with Gasteiger partial charge in [0.15, 0.2) is 0 Å². The van der Waals surface area contributed by atoms with Gasteiger partial charge in [-0.1, -0.05) is 11.6 Å². The molecule has 0 aliphatic heterocycles. The molecule has 8 nitrogen and oxygen atoms in total. The maximum atomic E-state index is 11.5. The predicted octanol–water partition coefficient (Wildman–Crippen LogP) is 5.23. The van der Waals surface area contributed by atoms with Crippen molar-refractivity contribution in [3.63, 3.8) is 0 Å². The second kappa shape index (κ2) is 8.53. The number of aromatic nitrogens is 2. The maximum absolute atomic E-state index is 11.5. The number of hydrogen-bond donors (Lipinski definition) is 2. The van der Waals surface area contributed by atoms with Crippen LogP contribution in [0.5, 0.6) is 5.75 Å². The minimum Gasteiger partial charge on any atom is -0.494 e. The standard InChI is InChI=1S/C19H18ClN5O3/c1-3-28-16-10-8-14(9-11-16)22-18-17(25(26)27)12(2)21-19(24-18)23-15-6-4-13(20)5-7-15/h4-11H,3H2,1-2H3,(H2,21,22,23,24). The topological polar surface area (TPSA) is 102 Å². The van der Waals surface area contributed by atoms with E-state index in [9.17, 15) is 10.1 Å². The predicted molar refractivity (Wildman–Crippen MR) is 109 cm³/mol. The fourth-order valence-electron chi connectivity index (χ4n) is 2.53. The number of nitrogens with zero attached hydrogens (tertiary/aromatic N) is 3. The third-order valence-corrected chi connectivity index (χ3v) is 4.02. The van der Waals surface area contributed by atoms with Gasteiger partial charge in [0.05, 0.1) is 11.5 Å². The Kier molecular flexibility index (Phi) is 5.90. The normalized spacial score (nSPS) is 10.4. The third kappa shape index (κ3) is 4.66. The van der Waals surface area contributed by atoms with E-state index in [0.29, 0.717) is 28.8 Å². The Labute approximate surface area is 166 Å². The number of halogens is 1. The largest absolute Gasteiger partial charge is 0.494 e. The molecule has 0 unspecified atom stereocenters. The summed E-state index contributed by atoms with van der Waals surface area (Å²) < 4.78 is 5.40. The molecule has 28 heavy (non-hydrogen) atoms. The molecule has 3 rings (SSSR count). The Morgan fingerprint density at radius 3 is 2.25 bits per heavy atom.